The molecule has 0 aromatic heterocycles. The van der Waals surface area contributed by atoms with Crippen LogP contribution in [0.2, 0.25) is 0 Å². The molecule has 2 aliphatic rings. The van der Waals surface area contributed by atoms with Crippen molar-refractivity contribution >= 4 is 23.7 Å². The van der Waals surface area contributed by atoms with Gasteiger partial charge in [-0.05, 0) is 56.4 Å². The first kappa shape index (κ1) is 21.9. The maximum Gasteiger partial charge on any atom is 0.321 e. The molecule has 1 saturated heterocycles. The van der Waals surface area contributed by atoms with Crippen molar-refractivity contribution in [1.29, 1.82) is 0 Å². The van der Waals surface area contributed by atoms with Crippen molar-refractivity contribution in [2.45, 2.75) is 64.0 Å². The smallest absolute Gasteiger partial charge is 0.321 e. The SMILES string of the molecule is CNC(=O)c1ccc(NC(=O)N2CCC(NC(=O)NC3CCCCC3)CC2)c(C)c1. The van der Waals surface area contributed by atoms with E-state index in [-0.39, 0.29) is 24.0 Å². The van der Waals surface area contributed by atoms with E-state index in [1.165, 1.54) is 19.3 Å². The molecule has 30 heavy (non-hydrogen) atoms. The van der Waals surface area contributed by atoms with Gasteiger partial charge in [0.25, 0.3) is 5.91 Å². The number of amides is 5. The predicted molar refractivity (Wildman–Crippen MR) is 117 cm³/mol. The zero-order valence-corrected chi connectivity index (χ0v) is 17.9. The number of urea groups is 2. The van der Waals surface area contributed by atoms with Gasteiger partial charge in [0.1, 0.15) is 0 Å². The summed E-state index contributed by atoms with van der Waals surface area (Å²) in [6.45, 7) is 3.05. The number of hydrogen-bond acceptors (Lipinski definition) is 3. The van der Waals surface area contributed by atoms with Gasteiger partial charge in [-0.1, -0.05) is 19.3 Å². The van der Waals surface area contributed by atoms with E-state index in [1.807, 2.05) is 6.92 Å². The van der Waals surface area contributed by atoms with E-state index < -0.39 is 0 Å². The lowest BCUT2D eigenvalue weighted by molar-refractivity contribution is 0.0963. The Morgan fingerprint density at radius 1 is 0.933 bits per heavy atom. The Hall–Kier alpha value is -2.77. The zero-order valence-electron chi connectivity index (χ0n) is 17.9. The van der Waals surface area contributed by atoms with Gasteiger partial charge in [-0.25, -0.2) is 9.59 Å². The minimum Gasteiger partial charge on any atom is -0.355 e. The van der Waals surface area contributed by atoms with Gasteiger partial charge < -0.3 is 26.2 Å². The van der Waals surface area contributed by atoms with Crippen LogP contribution in [0.3, 0.4) is 0 Å². The van der Waals surface area contributed by atoms with E-state index in [4.69, 9.17) is 0 Å². The molecule has 4 N–H and O–H groups in total. The number of benzene rings is 1. The maximum atomic E-state index is 12.6. The van der Waals surface area contributed by atoms with Crippen molar-refractivity contribution in [2.24, 2.45) is 0 Å². The predicted octanol–water partition coefficient (Wildman–Crippen LogP) is 2.98. The Morgan fingerprint density at radius 3 is 2.17 bits per heavy atom. The van der Waals surface area contributed by atoms with Gasteiger partial charge in [0.2, 0.25) is 0 Å². The van der Waals surface area contributed by atoms with Gasteiger partial charge in [-0.2, -0.15) is 0 Å². The fourth-order valence-corrected chi connectivity index (χ4v) is 4.17. The summed E-state index contributed by atoms with van der Waals surface area (Å²) in [6.07, 6.45) is 7.24. The summed E-state index contributed by atoms with van der Waals surface area (Å²) in [5, 5.41) is 11.7. The first-order chi connectivity index (χ1) is 14.5. The largest absolute Gasteiger partial charge is 0.355 e. The molecule has 164 valence electrons. The highest BCUT2D eigenvalue weighted by Gasteiger charge is 2.25. The van der Waals surface area contributed by atoms with E-state index in [1.54, 1.807) is 30.1 Å². The second-order valence-corrected chi connectivity index (χ2v) is 8.25. The molecule has 0 atom stereocenters. The van der Waals surface area contributed by atoms with Gasteiger partial charge in [0, 0.05) is 43.5 Å². The molecule has 1 aliphatic heterocycles. The first-order valence-electron chi connectivity index (χ1n) is 10.9. The van der Waals surface area contributed by atoms with Crippen LogP contribution in [0, 0.1) is 6.92 Å². The van der Waals surface area contributed by atoms with Crippen LogP contribution in [0.25, 0.3) is 0 Å². The van der Waals surface area contributed by atoms with Crippen LogP contribution in [0.1, 0.15) is 60.9 Å². The molecule has 8 heteroatoms. The van der Waals surface area contributed by atoms with Gasteiger partial charge in [0.05, 0.1) is 0 Å². The van der Waals surface area contributed by atoms with E-state index in [9.17, 15) is 14.4 Å². The highest BCUT2D eigenvalue weighted by molar-refractivity contribution is 5.96. The molecule has 0 bridgehead atoms. The van der Waals surface area contributed by atoms with E-state index in [2.05, 4.69) is 21.3 Å². The van der Waals surface area contributed by atoms with Gasteiger partial charge in [-0.15, -0.1) is 0 Å². The number of likely N-dealkylation sites (tertiary alicyclic amines) is 1. The first-order valence-corrected chi connectivity index (χ1v) is 10.9. The molecule has 0 radical (unpaired) electrons. The number of nitrogens with one attached hydrogen (secondary N) is 4. The van der Waals surface area contributed by atoms with Crippen molar-refractivity contribution in [2.75, 3.05) is 25.5 Å². The zero-order chi connectivity index (χ0) is 21.5. The minimum absolute atomic E-state index is 0.0865. The Balaban J connectivity index is 1.43. The Bertz CT molecular complexity index is 768. The normalized spacial score (nSPS) is 17.9. The average molecular weight is 416 g/mol. The van der Waals surface area contributed by atoms with Crippen LogP contribution in [-0.4, -0.2) is 55.1 Å². The van der Waals surface area contributed by atoms with Crippen LogP contribution in [-0.2, 0) is 0 Å². The average Bonchev–Trinajstić information content (AvgIpc) is 2.75. The van der Waals surface area contributed by atoms with Crippen molar-refractivity contribution < 1.29 is 14.4 Å². The molecule has 0 unspecified atom stereocenters. The summed E-state index contributed by atoms with van der Waals surface area (Å²) in [4.78, 5) is 38.3. The molecule has 1 saturated carbocycles. The molecule has 2 fully saturated rings. The quantitative estimate of drug-likeness (QED) is 0.608. The molecule has 1 aromatic carbocycles. The van der Waals surface area contributed by atoms with E-state index in [0.29, 0.717) is 30.4 Å². The molecule has 1 aliphatic carbocycles. The summed E-state index contributed by atoms with van der Waals surface area (Å²) in [5.74, 6) is -0.155. The van der Waals surface area contributed by atoms with Crippen LogP contribution >= 0.6 is 0 Å². The van der Waals surface area contributed by atoms with Crippen molar-refractivity contribution in [3.8, 4) is 0 Å². The highest BCUT2D eigenvalue weighted by Crippen LogP contribution is 2.19. The van der Waals surface area contributed by atoms with Crippen molar-refractivity contribution in [3.05, 3.63) is 29.3 Å². The summed E-state index contributed by atoms with van der Waals surface area (Å²) >= 11 is 0. The lowest BCUT2D eigenvalue weighted by Crippen LogP contribution is -2.51. The van der Waals surface area contributed by atoms with Gasteiger partial charge >= 0.3 is 12.1 Å². The monoisotopic (exact) mass is 415 g/mol. The maximum absolute atomic E-state index is 12.6. The van der Waals surface area contributed by atoms with Crippen LogP contribution in [0.5, 0.6) is 0 Å². The number of anilines is 1. The molecule has 1 heterocycles. The second kappa shape index (κ2) is 10.3. The summed E-state index contributed by atoms with van der Waals surface area (Å²) in [6, 6.07) is 5.35. The topological polar surface area (TPSA) is 103 Å². The highest BCUT2D eigenvalue weighted by atomic mass is 16.2. The van der Waals surface area contributed by atoms with Gasteiger partial charge in [-0.3, -0.25) is 4.79 Å². The number of hydrogen-bond donors (Lipinski definition) is 4. The molecule has 8 nitrogen and oxygen atoms in total. The van der Waals surface area contributed by atoms with E-state index >= 15 is 0 Å². The summed E-state index contributed by atoms with van der Waals surface area (Å²) in [7, 11) is 1.59. The molecule has 1 aromatic rings. The molecule has 5 amide bonds. The number of piperidine rings is 1. The molecular weight excluding hydrogens is 382 g/mol. The molecular formula is C22H33N5O3. The van der Waals surface area contributed by atoms with Crippen LogP contribution in [0.15, 0.2) is 18.2 Å². The summed E-state index contributed by atoms with van der Waals surface area (Å²) < 4.78 is 0. The third-order valence-electron chi connectivity index (χ3n) is 6.02. The number of nitrogens with zero attached hydrogens (tertiary/aromatic N) is 1. The molecule has 3 rings (SSSR count). The van der Waals surface area contributed by atoms with Crippen molar-refractivity contribution in [3.63, 3.8) is 0 Å². The second-order valence-electron chi connectivity index (χ2n) is 8.25. The lowest BCUT2D eigenvalue weighted by Gasteiger charge is -2.33. The number of rotatable bonds is 4. The Morgan fingerprint density at radius 2 is 1.57 bits per heavy atom. The standard InChI is InChI=1S/C22H33N5O3/c1-15-14-16(20(28)23-2)8-9-19(15)26-22(30)27-12-10-18(11-13-27)25-21(29)24-17-6-4-3-5-7-17/h8-9,14,17-18H,3-7,10-13H2,1-2H3,(H,23,28)(H,26,30)(H2,24,25,29). The van der Waals surface area contributed by atoms with Crippen LogP contribution < -0.4 is 21.3 Å². The number of carbonyl (C=O) groups excluding carboxylic acids is 3. The van der Waals surface area contributed by atoms with Gasteiger partial charge in [0.15, 0.2) is 0 Å². The van der Waals surface area contributed by atoms with E-state index in [0.717, 1.165) is 31.2 Å². The van der Waals surface area contributed by atoms with Crippen LogP contribution in [0.4, 0.5) is 15.3 Å². The Labute approximate surface area is 178 Å². The summed E-state index contributed by atoms with van der Waals surface area (Å²) in [5.41, 5.74) is 2.09. The number of carbonyl (C=O) groups is 3. The molecule has 0 spiro atoms. The minimum atomic E-state index is -0.157. The third-order valence-corrected chi connectivity index (χ3v) is 6.02. The fourth-order valence-electron chi connectivity index (χ4n) is 4.17. The fraction of sp³-hybridized carbons (Fsp3) is 0.591. The number of aryl methyl sites for hydroxylation is 1. The Kier molecular flexibility index (Phi) is 7.54. The lowest BCUT2D eigenvalue weighted by atomic mass is 9.96. The third kappa shape index (κ3) is 5.87. The van der Waals surface area contributed by atoms with Crippen molar-refractivity contribution in [1.82, 2.24) is 20.9 Å².